The summed E-state index contributed by atoms with van der Waals surface area (Å²) < 4.78 is 12.0. The lowest BCUT2D eigenvalue weighted by atomic mass is 9.98. The minimum absolute atomic E-state index is 0.351. The highest BCUT2D eigenvalue weighted by atomic mass is 32.1. The molecule has 10 aromatic rings. The minimum Gasteiger partial charge on any atom is -0.464 e. The monoisotopic (exact) mass is 644 g/mol. The third-order valence-electron chi connectivity index (χ3n) is 10.2. The van der Waals surface area contributed by atoms with Crippen LogP contribution >= 0.6 is 11.3 Å². The molecule has 0 aliphatic carbocycles. The molecule has 8 aromatic carbocycles. The lowest BCUT2D eigenvalue weighted by molar-refractivity contribution is 0.262. The first-order valence-corrected chi connectivity index (χ1v) is 17.5. The van der Waals surface area contributed by atoms with E-state index in [0.717, 1.165) is 33.8 Å². The highest BCUT2D eigenvalue weighted by molar-refractivity contribution is 7.26. The Labute approximate surface area is 286 Å². The Morgan fingerprint density at radius 3 is 1.98 bits per heavy atom. The maximum absolute atomic E-state index is 7.08. The number of para-hydroxylation sites is 2. The van der Waals surface area contributed by atoms with Crippen LogP contribution in [0, 0.1) is 0 Å². The summed E-state index contributed by atoms with van der Waals surface area (Å²) in [4.78, 5) is 0. The number of fused-ring (bicyclic) bond motifs is 10. The van der Waals surface area contributed by atoms with Crippen molar-refractivity contribution in [1.29, 1.82) is 0 Å². The van der Waals surface area contributed by atoms with Crippen LogP contribution in [0.15, 0.2) is 158 Å². The van der Waals surface area contributed by atoms with E-state index in [1.165, 1.54) is 63.5 Å². The van der Waals surface area contributed by atoms with Crippen molar-refractivity contribution in [2.75, 3.05) is 5.32 Å². The van der Waals surface area contributed by atoms with Gasteiger partial charge < -0.3 is 14.6 Å². The normalized spacial score (nSPS) is 14.2. The van der Waals surface area contributed by atoms with Crippen LogP contribution in [-0.4, -0.2) is 4.57 Å². The molecule has 1 N–H and O–H groups in total. The summed E-state index contributed by atoms with van der Waals surface area (Å²) in [5.74, 6) is 0.909. The van der Waals surface area contributed by atoms with Gasteiger partial charge in [-0.25, -0.2) is 0 Å². The number of benzene rings is 8. The average molecular weight is 645 g/mol. The second-order valence-electron chi connectivity index (χ2n) is 12.9. The molecular formula is C45H28N2OS. The number of hydrogen-bond acceptors (Lipinski definition) is 3. The number of hydrogen-bond donors (Lipinski definition) is 1. The van der Waals surface area contributed by atoms with E-state index in [-0.39, 0.29) is 6.23 Å². The van der Waals surface area contributed by atoms with Gasteiger partial charge in [0.25, 0.3) is 0 Å². The van der Waals surface area contributed by atoms with E-state index in [0.29, 0.717) is 0 Å². The van der Waals surface area contributed by atoms with E-state index in [2.05, 4.69) is 168 Å². The smallest absolute Gasteiger partial charge is 0.197 e. The van der Waals surface area contributed by atoms with Crippen molar-refractivity contribution in [2.24, 2.45) is 0 Å². The van der Waals surface area contributed by atoms with Gasteiger partial charge >= 0.3 is 0 Å². The molecule has 49 heavy (non-hydrogen) atoms. The molecule has 0 amide bonds. The number of rotatable bonds is 3. The van der Waals surface area contributed by atoms with Gasteiger partial charge in [-0.1, -0.05) is 121 Å². The summed E-state index contributed by atoms with van der Waals surface area (Å²) in [6.07, 6.45) is -0.351. The van der Waals surface area contributed by atoms with Crippen LogP contribution in [0.3, 0.4) is 0 Å². The van der Waals surface area contributed by atoms with Crippen molar-refractivity contribution >= 4 is 80.5 Å². The summed E-state index contributed by atoms with van der Waals surface area (Å²) >= 11 is 1.84. The Morgan fingerprint density at radius 1 is 0.531 bits per heavy atom. The van der Waals surface area contributed by atoms with Crippen LogP contribution < -0.4 is 10.1 Å². The van der Waals surface area contributed by atoms with E-state index in [4.69, 9.17) is 4.74 Å². The molecule has 230 valence electrons. The number of nitrogens with zero attached hydrogens (tertiary/aromatic N) is 1. The van der Waals surface area contributed by atoms with E-state index in [9.17, 15) is 0 Å². The molecule has 2 aromatic heterocycles. The molecule has 0 spiro atoms. The zero-order chi connectivity index (χ0) is 32.1. The Bertz CT molecular complexity index is 2920. The summed E-state index contributed by atoms with van der Waals surface area (Å²) in [6.45, 7) is 0. The molecular weight excluding hydrogens is 617 g/mol. The standard InChI is InChI=1S/C45H28N2OS/c1-2-12-28-25-29(22-21-27(28)11-1)36-26-41-42(35-17-7-10-20-40(35)49-41)43-44(36)48-45(46-43)34-23-24-39(31-14-4-3-13-30(31)34)47-37-18-8-5-15-32(37)33-16-6-9-19-38(33)47/h1-26,45-46H. The molecule has 4 heteroatoms. The van der Waals surface area contributed by atoms with Crippen molar-refractivity contribution in [1.82, 2.24) is 4.57 Å². The largest absolute Gasteiger partial charge is 0.464 e. The van der Waals surface area contributed by atoms with Crippen molar-refractivity contribution in [3.05, 3.63) is 163 Å². The van der Waals surface area contributed by atoms with Crippen LogP contribution in [0.1, 0.15) is 11.8 Å². The molecule has 0 saturated carbocycles. The number of anilines is 1. The van der Waals surface area contributed by atoms with Crippen molar-refractivity contribution < 1.29 is 4.74 Å². The molecule has 0 fully saturated rings. The number of nitrogens with one attached hydrogen (secondary N) is 1. The number of thiophene rings is 1. The maximum Gasteiger partial charge on any atom is 0.197 e. The quantitative estimate of drug-likeness (QED) is 0.207. The lowest BCUT2D eigenvalue weighted by Gasteiger charge is -2.18. The first-order chi connectivity index (χ1) is 24.3. The zero-order valence-corrected chi connectivity index (χ0v) is 27.2. The lowest BCUT2D eigenvalue weighted by Crippen LogP contribution is -2.11. The van der Waals surface area contributed by atoms with Crippen LogP contribution in [0.5, 0.6) is 5.75 Å². The van der Waals surface area contributed by atoms with Crippen molar-refractivity contribution in [2.45, 2.75) is 6.23 Å². The average Bonchev–Trinajstić information content (AvgIpc) is 3.86. The van der Waals surface area contributed by atoms with Gasteiger partial charge in [0.2, 0.25) is 0 Å². The molecule has 3 nitrogen and oxygen atoms in total. The van der Waals surface area contributed by atoms with Gasteiger partial charge in [0.05, 0.1) is 22.4 Å². The first-order valence-electron chi connectivity index (χ1n) is 16.7. The molecule has 0 radical (unpaired) electrons. The summed E-state index contributed by atoms with van der Waals surface area (Å²) in [6, 6.07) is 57.0. The molecule has 3 heterocycles. The van der Waals surface area contributed by atoms with Crippen LogP contribution in [0.2, 0.25) is 0 Å². The first kappa shape index (κ1) is 26.9. The van der Waals surface area contributed by atoms with Crippen LogP contribution in [0.4, 0.5) is 5.69 Å². The minimum atomic E-state index is -0.351. The Balaban J connectivity index is 1.12. The van der Waals surface area contributed by atoms with Crippen LogP contribution in [0.25, 0.3) is 80.3 Å². The number of ether oxygens (including phenoxy) is 1. The Kier molecular flexibility index (Phi) is 5.60. The summed E-state index contributed by atoms with van der Waals surface area (Å²) in [7, 11) is 0. The van der Waals surface area contributed by atoms with Gasteiger partial charge in [-0.15, -0.1) is 11.3 Å². The van der Waals surface area contributed by atoms with Gasteiger partial charge in [-0.2, -0.15) is 0 Å². The Hall–Kier alpha value is -6.10. The highest BCUT2D eigenvalue weighted by Gasteiger charge is 2.32. The fourth-order valence-electron chi connectivity index (χ4n) is 8.03. The summed E-state index contributed by atoms with van der Waals surface area (Å²) in [5, 5.41) is 13.7. The van der Waals surface area contributed by atoms with Crippen LogP contribution in [-0.2, 0) is 0 Å². The molecule has 1 aliphatic heterocycles. The molecule has 1 unspecified atom stereocenters. The SMILES string of the molecule is c1ccc2cc(-c3cc4sc5ccccc5c4c4c3OC(c3ccc(-n5c6ccccc6c6ccccc65)c5ccccc35)N4)ccc2c1. The van der Waals surface area contributed by atoms with Gasteiger partial charge in [0.15, 0.2) is 12.0 Å². The van der Waals surface area contributed by atoms with E-state index in [1.807, 2.05) is 11.3 Å². The van der Waals surface area contributed by atoms with Gasteiger partial charge in [-0.05, 0) is 58.1 Å². The van der Waals surface area contributed by atoms with E-state index >= 15 is 0 Å². The topological polar surface area (TPSA) is 26.2 Å². The zero-order valence-electron chi connectivity index (χ0n) is 26.4. The highest BCUT2D eigenvalue weighted by Crippen LogP contribution is 2.53. The third kappa shape index (κ3) is 3.89. The third-order valence-corrected chi connectivity index (χ3v) is 11.3. The second kappa shape index (κ2) is 10.2. The van der Waals surface area contributed by atoms with E-state index < -0.39 is 0 Å². The molecule has 11 rings (SSSR count). The van der Waals surface area contributed by atoms with Gasteiger partial charge in [0.1, 0.15) is 0 Å². The van der Waals surface area contributed by atoms with Gasteiger partial charge in [-0.3, -0.25) is 0 Å². The molecule has 1 atom stereocenters. The summed E-state index contributed by atoms with van der Waals surface area (Å²) in [5.41, 5.74) is 8.03. The number of aromatic nitrogens is 1. The van der Waals surface area contributed by atoms with Gasteiger partial charge in [0, 0.05) is 47.5 Å². The molecule has 1 aliphatic rings. The molecule has 0 saturated heterocycles. The van der Waals surface area contributed by atoms with Crippen molar-refractivity contribution in [3.63, 3.8) is 0 Å². The fourth-order valence-corrected chi connectivity index (χ4v) is 9.19. The second-order valence-corrected chi connectivity index (χ2v) is 14.0. The van der Waals surface area contributed by atoms with Crippen molar-refractivity contribution in [3.8, 4) is 22.6 Å². The molecule has 0 bridgehead atoms. The predicted octanol–water partition coefficient (Wildman–Crippen LogP) is 12.6. The Morgan fingerprint density at radius 2 is 1.18 bits per heavy atom. The van der Waals surface area contributed by atoms with E-state index in [1.54, 1.807) is 0 Å². The maximum atomic E-state index is 7.08. The predicted molar refractivity (Wildman–Crippen MR) is 208 cm³/mol. The fraction of sp³-hybridized carbons (Fsp3) is 0.0222.